The molecule has 112 valence electrons. The molecule has 0 spiro atoms. The Morgan fingerprint density at radius 2 is 1.95 bits per heavy atom. The number of hydrogen-bond donors (Lipinski definition) is 1. The Balaban J connectivity index is 1.95. The molecule has 2 atom stereocenters. The third kappa shape index (κ3) is 4.30. The smallest absolute Gasteiger partial charge is 0.0373 e. The number of rotatable bonds is 5. The monoisotopic (exact) mass is 275 g/mol. The fourth-order valence-electron chi connectivity index (χ4n) is 3.24. The lowest BCUT2D eigenvalue weighted by atomic mass is 9.98. The van der Waals surface area contributed by atoms with Gasteiger partial charge < -0.3 is 15.1 Å². The number of benzene rings is 1. The van der Waals surface area contributed by atoms with Crippen molar-refractivity contribution >= 4 is 0 Å². The van der Waals surface area contributed by atoms with E-state index in [1.807, 2.05) is 0 Å². The van der Waals surface area contributed by atoms with Crippen molar-refractivity contribution in [2.45, 2.75) is 31.3 Å². The quantitative estimate of drug-likeness (QED) is 0.885. The molecule has 20 heavy (non-hydrogen) atoms. The Morgan fingerprint density at radius 1 is 1.20 bits per heavy atom. The third-order valence-corrected chi connectivity index (χ3v) is 4.54. The first-order chi connectivity index (χ1) is 9.70. The predicted molar refractivity (Wildman–Crippen MR) is 86.1 cm³/mol. The lowest BCUT2D eigenvalue weighted by molar-refractivity contribution is 0.177. The average Bonchev–Trinajstić information content (AvgIpc) is 2.63. The van der Waals surface area contributed by atoms with E-state index in [9.17, 15) is 0 Å². The van der Waals surface area contributed by atoms with Gasteiger partial charge in [0.1, 0.15) is 0 Å². The van der Waals surface area contributed by atoms with Crippen LogP contribution in [0.15, 0.2) is 30.3 Å². The first-order valence-electron chi connectivity index (χ1n) is 7.80. The molecule has 0 aromatic heterocycles. The highest BCUT2D eigenvalue weighted by molar-refractivity contribution is 5.15. The van der Waals surface area contributed by atoms with Crippen molar-refractivity contribution in [3.05, 3.63) is 35.9 Å². The second-order valence-electron chi connectivity index (χ2n) is 6.08. The molecule has 1 aliphatic rings. The van der Waals surface area contributed by atoms with Gasteiger partial charge in [-0.15, -0.1) is 0 Å². The first kappa shape index (κ1) is 15.5. The highest BCUT2D eigenvalue weighted by atomic mass is 15.2. The standard InChI is InChI=1S/C17H29N3/c1-18-16(11-10-15-8-5-4-6-9-15)17-14-19(2)12-7-13-20(17)3/h4-6,8-9,16-18H,7,10-14H2,1-3H3. The molecular weight excluding hydrogens is 246 g/mol. The molecular formula is C17H29N3. The van der Waals surface area contributed by atoms with E-state index in [0.717, 1.165) is 13.0 Å². The summed E-state index contributed by atoms with van der Waals surface area (Å²) >= 11 is 0. The van der Waals surface area contributed by atoms with E-state index in [1.165, 1.54) is 31.5 Å². The van der Waals surface area contributed by atoms with Gasteiger partial charge in [0.05, 0.1) is 0 Å². The van der Waals surface area contributed by atoms with Crippen LogP contribution in [0.4, 0.5) is 0 Å². The fourth-order valence-corrected chi connectivity index (χ4v) is 3.24. The van der Waals surface area contributed by atoms with E-state index in [4.69, 9.17) is 0 Å². The van der Waals surface area contributed by atoms with Crippen molar-refractivity contribution < 1.29 is 0 Å². The van der Waals surface area contributed by atoms with Crippen molar-refractivity contribution in [2.75, 3.05) is 40.8 Å². The summed E-state index contributed by atoms with van der Waals surface area (Å²) in [7, 11) is 6.63. The molecule has 0 aliphatic carbocycles. The van der Waals surface area contributed by atoms with Gasteiger partial charge in [0, 0.05) is 18.6 Å². The summed E-state index contributed by atoms with van der Waals surface area (Å²) < 4.78 is 0. The van der Waals surface area contributed by atoms with Crippen LogP contribution in [-0.4, -0.2) is 62.7 Å². The second-order valence-corrected chi connectivity index (χ2v) is 6.08. The molecule has 1 aromatic rings. The molecule has 1 heterocycles. The van der Waals surface area contributed by atoms with E-state index < -0.39 is 0 Å². The summed E-state index contributed by atoms with van der Waals surface area (Å²) in [5.41, 5.74) is 1.44. The molecule has 1 fully saturated rings. The summed E-state index contributed by atoms with van der Waals surface area (Å²) in [6, 6.07) is 12.0. The molecule has 1 saturated heterocycles. The minimum Gasteiger partial charge on any atom is -0.315 e. The van der Waals surface area contributed by atoms with E-state index >= 15 is 0 Å². The molecule has 2 unspecified atom stereocenters. The van der Waals surface area contributed by atoms with Crippen LogP contribution >= 0.6 is 0 Å². The first-order valence-corrected chi connectivity index (χ1v) is 7.80. The lowest BCUT2D eigenvalue weighted by Crippen LogP contribution is -2.51. The highest BCUT2D eigenvalue weighted by Gasteiger charge is 2.27. The molecule has 0 amide bonds. The molecule has 1 aromatic carbocycles. The summed E-state index contributed by atoms with van der Waals surface area (Å²) in [5.74, 6) is 0. The Morgan fingerprint density at radius 3 is 2.65 bits per heavy atom. The SMILES string of the molecule is CNC(CCc1ccccc1)C1CN(C)CCCN1C. The van der Waals surface area contributed by atoms with Gasteiger partial charge in [-0.1, -0.05) is 30.3 Å². The molecule has 3 nitrogen and oxygen atoms in total. The van der Waals surface area contributed by atoms with E-state index in [1.54, 1.807) is 0 Å². The summed E-state index contributed by atoms with van der Waals surface area (Å²) in [4.78, 5) is 5.01. The van der Waals surface area contributed by atoms with Gasteiger partial charge in [-0.25, -0.2) is 0 Å². The molecule has 1 N–H and O–H groups in total. The van der Waals surface area contributed by atoms with Crippen LogP contribution in [0.5, 0.6) is 0 Å². The van der Waals surface area contributed by atoms with Crippen LogP contribution in [0.25, 0.3) is 0 Å². The number of nitrogens with zero attached hydrogens (tertiary/aromatic N) is 2. The van der Waals surface area contributed by atoms with Crippen molar-refractivity contribution in [3.63, 3.8) is 0 Å². The Labute approximate surface area is 124 Å². The van der Waals surface area contributed by atoms with Gasteiger partial charge >= 0.3 is 0 Å². The third-order valence-electron chi connectivity index (χ3n) is 4.54. The highest BCUT2D eigenvalue weighted by Crippen LogP contribution is 2.15. The predicted octanol–water partition coefficient (Wildman–Crippen LogP) is 1.84. The van der Waals surface area contributed by atoms with Gasteiger partial charge in [0.15, 0.2) is 0 Å². The van der Waals surface area contributed by atoms with Crippen molar-refractivity contribution in [2.24, 2.45) is 0 Å². The fraction of sp³-hybridized carbons (Fsp3) is 0.647. The van der Waals surface area contributed by atoms with Crippen molar-refractivity contribution in [3.8, 4) is 0 Å². The normalized spacial score (nSPS) is 23.4. The zero-order valence-electron chi connectivity index (χ0n) is 13.2. The molecule has 1 aliphatic heterocycles. The zero-order chi connectivity index (χ0) is 14.4. The number of nitrogens with one attached hydrogen (secondary N) is 1. The Kier molecular flexibility index (Phi) is 6.02. The van der Waals surface area contributed by atoms with Crippen LogP contribution in [0.2, 0.25) is 0 Å². The maximum atomic E-state index is 3.55. The van der Waals surface area contributed by atoms with Crippen LogP contribution < -0.4 is 5.32 Å². The average molecular weight is 275 g/mol. The largest absolute Gasteiger partial charge is 0.315 e. The zero-order valence-corrected chi connectivity index (χ0v) is 13.2. The van der Waals surface area contributed by atoms with Gasteiger partial charge in [-0.2, -0.15) is 0 Å². The van der Waals surface area contributed by atoms with Crippen LogP contribution in [0, 0.1) is 0 Å². The van der Waals surface area contributed by atoms with Gasteiger partial charge in [0.25, 0.3) is 0 Å². The Hall–Kier alpha value is -0.900. The number of likely N-dealkylation sites (N-methyl/N-ethyl adjacent to an activating group) is 3. The molecule has 2 rings (SSSR count). The van der Waals surface area contributed by atoms with Gasteiger partial charge in [-0.05, 0) is 59.1 Å². The number of hydrogen-bond acceptors (Lipinski definition) is 3. The maximum Gasteiger partial charge on any atom is 0.0373 e. The summed E-state index contributed by atoms with van der Waals surface area (Å²) in [5, 5.41) is 3.55. The topological polar surface area (TPSA) is 18.5 Å². The Bertz CT molecular complexity index is 379. The van der Waals surface area contributed by atoms with E-state index in [2.05, 4.69) is 66.6 Å². The molecule has 3 heteroatoms. The van der Waals surface area contributed by atoms with Crippen LogP contribution in [-0.2, 0) is 6.42 Å². The molecule has 0 saturated carbocycles. The summed E-state index contributed by atoms with van der Waals surface area (Å²) in [6.45, 7) is 3.59. The van der Waals surface area contributed by atoms with Crippen molar-refractivity contribution in [1.82, 2.24) is 15.1 Å². The van der Waals surface area contributed by atoms with Gasteiger partial charge in [0.2, 0.25) is 0 Å². The second kappa shape index (κ2) is 7.77. The van der Waals surface area contributed by atoms with Crippen LogP contribution in [0.3, 0.4) is 0 Å². The van der Waals surface area contributed by atoms with E-state index in [0.29, 0.717) is 12.1 Å². The molecule has 0 bridgehead atoms. The van der Waals surface area contributed by atoms with E-state index in [-0.39, 0.29) is 0 Å². The minimum absolute atomic E-state index is 0.556. The molecule has 0 radical (unpaired) electrons. The van der Waals surface area contributed by atoms with Crippen LogP contribution in [0.1, 0.15) is 18.4 Å². The maximum absolute atomic E-state index is 3.55. The number of aryl methyl sites for hydroxylation is 1. The minimum atomic E-state index is 0.556. The van der Waals surface area contributed by atoms with Crippen molar-refractivity contribution in [1.29, 1.82) is 0 Å². The van der Waals surface area contributed by atoms with Gasteiger partial charge in [-0.3, -0.25) is 0 Å². The summed E-state index contributed by atoms with van der Waals surface area (Å²) in [6.07, 6.45) is 3.63. The lowest BCUT2D eigenvalue weighted by Gasteiger charge is -2.34.